The quantitative estimate of drug-likeness (QED) is 0.851. The molecule has 0 fully saturated rings. The maximum Gasteiger partial charge on any atom is 0.165 e. The molecule has 20 heavy (non-hydrogen) atoms. The summed E-state index contributed by atoms with van der Waals surface area (Å²) >= 11 is 5.81. The van der Waals surface area contributed by atoms with Gasteiger partial charge < -0.3 is 15.6 Å². The summed E-state index contributed by atoms with van der Waals surface area (Å²) in [6.45, 7) is 0. The van der Waals surface area contributed by atoms with Gasteiger partial charge in [-0.3, -0.25) is 0 Å². The van der Waals surface area contributed by atoms with E-state index in [4.69, 9.17) is 22.1 Å². The van der Waals surface area contributed by atoms with Crippen molar-refractivity contribution < 1.29 is 14.2 Å². The molecule has 0 radical (unpaired) electrons. The standard InChI is InChI=1S/C15H15ClFNO2/c1-20-15-5-2-9(6-12(15)17)7-14(19)11-4-3-10(16)8-13(11)18/h2-6,8,14,19H,7,18H2,1H3. The number of rotatable bonds is 4. The van der Waals surface area contributed by atoms with E-state index in [2.05, 4.69) is 0 Å². The minimum absolute atomic E-state index is 0.175. The highest BCUT2D eigenvalue weighted by Gasteiger charge is 2.13. The summed E-state index contributed by atoms with van der Waals surface area (Å²) in [6.07, 6.45) is -0.563. The average Bonchev–Trinajstić information content (AvgIpc) is 2.38. The summed E-state index contributed by atoms with van der Waals surface area (Å²) < 4.78 is 18.4. The smallest absolute Gasteiger partial charge is 0.165 e. The Morgan fingerprint density at radius 1 is 1.30 bits per heavy atom. The van der Waals surface area contributed by atoms with Gasteiger partial charge in [-0.2, -0.15) is 0 Å². The number of hydrogen-bond acceptors (Lipinski definition) is 3. The molecule has 0 bridgehead atoms. The second kappa shape index (κ2) is 6.11. The number of aliphatic hydroxyl groups is 1. The summed E-state index contributed by atoms with van der Waals surface area (Å²) in [6, 6.07) is 9.48. The van der Waals surface area contributed by atoms with E-state index in [1.165, 1.54) is 19.2 Å². The van der Waals surface area contributed by atoms with Crippen LogP contribution in [0.25, 0.3) is 0 Å². The third-order valence-corrected chi connectivity index (χ3v) is 3.29. The molecule has 2 rings (SSSR count). The Bertz CT molecular complexity index is 619. The third-order valence-electron chi connectivity index (χ3n) is 3.05. The van der Waals surface area contributed by atoms with Gasteiger partial charge in [0.25, 0.3) is 0 Å². The molecule has 2 aromatic rings. The lowest BCUT2D eigenvalue weighted by atomic mass is 10.00. The van der Waals surface area contributed by atoms with Crippen LogP contribution in [0.2, 0.25) is 5.02 Å². The predicted octanol–water partition coefficient (Wildman–Crippen LogP) is 3.35. The van der Waals surface area contributed by atoms with E-state index in [1.807, 2.05) is 0 Å². The van der Waals surface area contributed by atoms with E-state index in [1.54, 1.807) is 24.3 Å². The molecule has 0 aliphatic heterocycles. The van der Waals surface area contributed by atoms with Gasteiger partial charge in [0.15, 0.2) is 11.6 Å². The van der Waals surface area contributed by atoms with Crippen LogP contribution in [-0.4, -0.2) is 12.2 Å². The molecule has 0 aliphatic rings. The molecule has 0 saturated heterocycles. The number of halogens is 2. The first-order valence-electron chi connectivity index (χ1n) is 6.06. The van der Waals surface area contributed by atoms with E-state index in [-0.39, 0.29) is 12.2 Å². The maximum atomic E-state index is 13.6. The van der Waals surface area contributed by atoms with E-state index in [0.29, 0.717) is 21.8 Å². The van der Waals surface area contributed by atoms with Gasteiger partial charge in [0, 0.05) is 22.7 Å². The molecule has 3 N–H and O–H groups in total. The van der Waals surface area contributed by atoms with E-state index in [9.17, 15) is 9.50 Å². The molecule has 106 valence electrons. The minimum atomic E-state index is -0.819. The normalized spacial score (nSPS) is 12.2. The Morgan fingerprint density at radius 2 is 2.05 bits per heavy atom. The molecule has 2 aromatic carbocycles. The first-order chi connectivity index (χ1) is 9.51. The molecule has 0 heterocycles. The van der Waals surface area contributed by atoms with Gasteiger partial charge in [-0.15, -0.1) is 0 Å². The second-order valence-corrected chi connectivity index (χ2v) is 4.90. The molecular formula is C15H15ClFNO2. The van der Waals surface area contributed by atoms with Crippen molar-refractivity contribution in [2.24, 2.45) is 0 Å². The van der Waals surface area contributed by atoms with Crippen LogP contribution in [0.1, 0.15) is 17.2 Å². The number of ether oxygens (including phenoxy) is 1. The fourth-order valence-corrected chi connectivity index (χ4v) is 2.20. The van der Waals surface area contributed by atoms with Gasteiger partial charge in [0.1, 0.15) is 0 Å². The van der Waals surface area contributed by atoms with Crippen LogP contribution in [0.15, 0.2) is 36.4 Å². The molecule has 0 amide bonds. The zero-order valence-corrected chi connectivity index (χ0v) is 11.7. The van der Waals surface area contributed by atoms with Crippen molar-refractivity contribution in [3.05, 3.63) is 58.4 Å². The van der Waals surface area contributed by atoms with Crippen molar-refractivity contribution in [1.29, 1.82) is 0 Å². The van der Waals surface area contributed by atoms with Gasteiger partial charge in [-0.05, 0) is 29.8 Å². The highest BCUT2D eigenvalue weighted by atomic mass is 35.5. The molecule has 1 atom stereocenters. The van der Waals surface area contributed by atoms with Crippen LogP contribution in [0.3, 0.4) is 0 Å². The number of nitrogen functional groups attached to an aromatic ring is 1. The molecule has 0 saturated carbocycles. The van der Waals surface area contributed by atoms with Crippen LogP contribution in [0, 0.1) is 5.82 Å². The Kier molecular flexibility index (Phi) is 4.47. The van der Waals surface area contributed by atoms with Crippen molar-refractivity contribution >= 4 is 17.3 Å². The molecule has 5 heteroatoms. The van der Waals surface area contributed by atoms with Crippen LogP contribution in [0.5, 0.6) is 5.75 Å². The summed E-state index contributed by atoms with van der Waals surface area (Å²) in [5, 5.41) is 10.7. The number of nitrogens with two attached hydrogens (primary N) is 1. The van der Waals surface area contributed by atoms with Crippen LogP contribution < -0.4 is 10.5 Å². The van der Waals surface area contributed by atoms with Crippen LogP contribution in [-0.2, 0) is 6.42 Å². The van der Waals surface area contributed by atoms with Crippen molar-refractivity contribution in [2.75, 3.05) is 12.8 Å². The van der Waals surface area contributed by atoms with Gasteiger partial charge in [-0.1, -0.05) is 23.7 Å². The summed E-state index contributed by atoms with van der Waals surface area (Å²) in [5.41, 5.74) is 7.46. The van der Waals surface area contributed by atoms with Gasteiger partial charge in [0.2, 0.25) is 0 Å². The summed E-state index contributed by atoms with van der Waals surface area (Å²) in [5.74, 6) is -0.282. The second-order valence-electron chi connectivity index (χ2n) is 4.46. The molecule has 1 unspecified atom stereocenters. The number of aliphatic hydroxyl groups excluding tert-OH is 1. The SMILES string of the molecule is COc1ccc(CC(O)c2ccc(Cl)cc2N)cc1F. The van der Waals surface area contributed by atoms with E-state index in [0.717, 1.165) is 0 Å². The highest BCUT2D eigenvalue weighted by Crippen LogP contribution is 2.27. The Morgan fingerprint density at radius 3 is 2.65 bits per heavy atom. The maximum absolute atomic E-state index is 13.6. The van der Waals surface area contributed by atoms with Gasteiger partial charge >= 0.3 is 0 Å². The lowest BCUT2D eigenvalue weighted by molar-refractivity contribution is 0.179. The fraction of sp³-hybridized carbons (Fsp3) is 0.200. The van der Waals surface area contributed by atoms with Crippen LogP contribution in [0.4, 0.5) is 10.1 Å². The lowest BCUT2D eigenvalue weighted by Gasteiger charge is -2.14. The fourth-order valence-electron chi connectivity index (χ4n) is 2.02. The largest absolute Gasteiger partial charge is 0.494 e. The molecule has 3 nitrogen and oxygen atoms in total. The van der Waals surface area contributed by atoms with Crippen molar-refractivity contribution in [1.82, 2.24) is 0 Å². The zero-order valence-electron chi connectivity index (χ0n) is 10.9. The van der Waals surface area contributed by atoms with Crippen molar-refractivity contribution in [3.63, 3.8) is 0 Å². The van der Waals surface area contributed by atoms with E-state index < -0.39 is 11.9 Å². The zero-order chi connectivity index (χ0) is 14.7. The van der Waals surface area contributed by atoms with Gasteiger partial charge in [-0.25, -0.2) is 4.39 Å². The minimum Gasteiger partial charge on any atom is -0.494 e. The summed E-state index contributed by atoms with van der Waals surface area (Å²) in [7, 11) is 1.40. The number of methoxy groups -OCH3 is 1. The topological polar surface area (TPSA) is 55.5 Å². The third kappa shape index (κ3) is 3.21. The average molecular weight is 296 g/mol. The Labute approximate surface area is 121 Å². The first-order valence-corrected chi connectivity index (χ1v) is 6.44. The Balaban J connectivity index is 2.18. The predicted molar refractivity (Wildman–Crippen MR) is 77.5 cm³/mol. The number of hydrogen-bond donors (Lipinski definition) is 2. The first kappa shape index (κ1) is 14.6. The molecular weight excluding hydrogens is 281 g/mol. The Hall–Kier alpha value is -1.78. The van der Waals surface area contributed by atoms with E-state index >= 15 is 0 Å². The monoisotopic (exact) mass is 295 g/mol. The van der Waals surface area contributed by atoms with Crippen molar-refractivity contribution in [3.8, 4) is 5.75 Å². The molecule has 0 spiro atoms. The van der Waals surface area contributed by atoms with Crippen LogP contribution >= 0.6 is 11.6 Å². The highest BCUT2D eigenvalue weighted by molar-refractivity contribution is 6.30. The number of anilines is 1. The number of benzene rings is 2. The summed E-state index contributed by atoms with van der Waals surface area (Å²) in [4.78, 5) is 0. The molecule has 0 aliphatic carbocycles. The van der Waals surface area contributed by atoms with Crippen molar-refractivity contribution in [2.45, 2.75) is 12.5 Å². The van der Waals surface area contributed by atoms with Gasteiger partial charge in [0.05, 0.1) is 13.2 Å². The molecule has 0 aromatic heterocycles. The lowest BCUT2D eigenvalue weighted by Crippen LogP contribution is -2.05.